The molecule has 0 aromatic heterocycles. The van der Waals surface area contributed by atoms with Crippen LogP contribution in [-0.2, 0) is 19.4 Å². The topological polar surface area (TPSA) is 119 Å². The number of hydrogen-bond donors (Lipinski definition) is 2. The standard InChI is InChI=1S/C23H27NO7S/c25-21(18-6-2-1-3-7-18)8-4-5-15-31-19-9-11-20(12-10-19)32(28,29)23(22(26)24-27)13-16-30-17-14-23/h1-3,6-7,9-12,27H,4-5,8,13-17H2,(H,24,26). The SMILES string of the molecule is O=C(CCCCOc1ccc(S(=O)(=O)C2(C(=O)NO)CCOCC2)cc1)c1ccccc1. The largest absolute Gasteiger partial charge is 0.494 e. The van der Waals surface area contributed by atoms with Crippen molar-refractivity contribution in [2.75, 3.05) is 19.8 Å². The fourth-order valence-electron chi connectivity index (χ4n) is 3.71. The molecule has 2 N–H and O–H groups in total. The number of carbonyl (C=O) groups is 2. The Bertz CT molecular complexity index is 1010. The van der Waals surface area contributed by atoms with Gasteiger partial charge in [-0.2, -0.15) is 0 Å². The molecule has 0 radical (unpaired) electrons. The van der Waals surface area contributed by atoms with Crippen LogP contribution in [0, 0.1) is 0 Å². The van der Waals surface area contributed by atoms with E-state index in [1.807, 2.05) is 18.2 Å². The third-order valence-electron chi connectivity index (χ3n) is 5.63. The molecule has 0 spiro atoms. The van der Waals surface area contributed by atoms with Crippen LogP contribution in [0.1, 0.15) is 42.5 Å². The number of Topliss-reactive ketones (excluding diaryl/α,β-unsaturated/α-hetero) is 1. The molecule has 0 atom stereocenters. The number of hydroxylamine groups is 1. The lowest BCUT2D eigenvalue weighted by molar-refractivity contribution is -0.134. The van der Waals surface area contributed by atoms with Gasteiger partial charge in [0.25, 0.3) is 5.91 Å². The first-order valence-corrected chi connectivity index (χ1v) is 12.0. The summed E-state index contributed by atoms with van der Waals surface area (Å²) in [7, 11) is -4.06. The molecule has 8 nitrogen and oxygen atoms in total. The molecule has 0 aliphatic carbocycles. The molecule has 172 valence electrons. The van der Waals surface area contributed by atoms with Crippen molar-refractivity contribution in [2.45, 2.75) is 41.7 Å². The quantitative estimate of drug-likeness (QED) is 0.242. The molecule has 2 aromatic rings. The summed E-state index contributed by atoms with van der Waals surface area (Å²) in [6.45, 7) is 0.615. The van der Waals surface area contributed by atoms with E-state index in [0.29, 0.717) is 37.2 Å². The highest BCUT2D eigenvalue weighted by atomic mass is 32.2. The van der Waals surface area contributed by atoms with Crippen LogP contribution >= 0.6 is 0 Å². The van der Waals surface area contributed by atoms with Crippen molar-refractivity contribution in [3.8, 4) is 5.75 Å². The average molecular weight is 462 g/mol. The Morgan fingerprint density at radius 3 is 2.28 bits per heavy atom. The monoisotopic (exact) mass is 461 g/mol. The second kappa shape index (κ2) is 10.7. The molecule has 3 rings (SSSR count). The van der Waals surface area contributed by atoms with E-state index in [4.69, 9.17) is 14.7 Å². The fourth-order valence-corrected chi connectivity index (χ4v) is 5.65. The van der Waals surface area contributed by atoms with Gasteiger partial charge in [0.05, 0.1) is 11.5 Å². The van der Waals surface area contributed by atoms with Gasteiger partial charge in [0.15, 0.2) is 20.4 Å². The zero-order valence-corrected chi connectivity index (χ0v) is 18.5. The highest BCUT2D eigenvalue weighted by Gasteiger charge is 2.52. The maximum atomic E-state index is 13.2. The van der Waals surface area contributed by atoms with Gasteiger partial charge in [0, 0.05) is 25.2 Å². The van der Waals surface area contributed by atoms with Crippen LogP contribution < -0.4 is 10.2 Å². The maximum absolute atomic E-state index is 13.2. The first kappa shape index (κ1) is 23.9. The molecule has 0 unspecified atom stereocenters. The van der Waals surface area contributed by atoms with Crippen molar-refractivity contribution in [3.63, 3.8) is 0 Å². The van der Waals surface area contributed by atoms with Gasteiger partial charge in [-0.1, -0.05) is 30.3 Å². The first-order chi connectivity index (χ1) is 15.4. The summed E-state index contributed by atoms with van der Waals surface area (Å²) in [6.07, 6.45) is 1.71. The van der Waals surface area contributed by atoms with Gasteiger partial charge in [0.2, 0.25) is 0 Å². The summed E-state index contributed by atoms with van der Waals surface area (Å²) >= 11 is 0. The van der Waals surface area contributed by atoms with Crippen LogP contribution in [-0.4, -0.2) is 49.9 Å². The molecular formula is C23H27NO7S. The number of rotatable bonds is 10. The van der Waals surface area contributed by atoms with Crippen LogP contribution in [0.5, 0.6) is 5.75 Å². The van der Waals surface area contributed by atoms with Crippen molar-refractivity contribution >= 4 is 21.5 Å². The van der Waals surface area contributed by atoms with E-state index in [9.17, 15) is 18.0 Å². The van der Waals surface area contributed by atoms with Crippen molar-refractivity contribution in [2.24, 2.45) is 0 Å². The molecule has 1 amide bonds. The summed E-state index contributed by atoms with van der Waals surface area (Å²) in [6, 6.07) is 15.0. The number of sulfone groups is 1. The van der Waals surface area contributed by atoms with Gasteiger partial charge in [0.1, 0.15) is 5.75 Å². The van der Waals surface area contributed by atoms with Crippen molar-refractivity contribution < 1.29 is 32.7 Å². The molecule has 1 aliphatic heterocycles. The van der Waals surface area contributed by atoms with E-state index in [-0.39, 0.29) is 36.7 Å². The second-order valence-corrected chi connectivity index (χ2v) is 9.88. The Kier molecular flexibility index (Phi) is 8.00. The Morgan fingerprint density at radius 2 is 1.66 bits per heavy atom. The lowest BCUT2D eigenvalue weighted by Crippen LogP contribution is -2.54. The first-order valence-electron chi connectivity index (χ1n) is 10.5. The number of unbranched alkanes of at least 4 members (excludes halogenated alkanes) is 1. The van der Waals surface area contributed by atoms with Crippen molar-refractivity contribution in [1.82, 2.24) is 5.48 Å². The minimum atomic E-state index is -4.06. The molecule has 1 heterocycles. The van der Waals surface area contributed by atoms with Crippen LogP contribution in [0.4, 0.5) is 0 Å². The average Bonchev–Trinajstić information content (AvgIpc) is 2.84. The fraction of sp³-hybridized carbons (Fsp3) is 0.391. The van der Waals surface area contributed by atoms with Gasteiger partial charge in [-0.15, -0.1) is 0 Å². The van der Waals surface area contributed by atoms with Gasteiger partial charge in [-0.25, -0.2) is 13.9 Å². The van der Waals surface area contributed by atoms with Crippen molar-refractivity contribution in [1.29, 1.82) is 0 Å². The molecule has 0 saturated carbocycles. The second-order valence-electron chi connectivity index (χ2n) is 7.62. The lowest BCUT2D eigenvalue weighted by atomic mass is 9.98. The van der Waals surface area contributed by atoms with Crippen LogP contribution in [0.25, 0.3) is 0 Å². The highest BCUT2D eigenvalue weighted by Crippen LogP contribution is 2.35. The molecule has 0 bridgehead atoms. The summed E-state index contributed by atoms with van der Waals surface area (Å²) < 4.78 is 35.5. The summed E-state index contributed by atoms with van der Waals surface area (Å²) in [5.41, 5.74) is 2.20. The predicted octanol–water partition coefficient (Wildman–Crippen LogP) is 2.95. The number of ether oxygens (including phenoxy) is 2. The highest BCUT2D eigenvalue weighted by molar-refractivity contribution is 7.93. The summed E-state index contributed by atoms with van der Waals surface area (Å²) in [4.78, 5) is 24.3. The number of amides is 1. The van der Waals surface area contributed by atoms with Gasteiger partial charge in [-0.3, -0.25) is 14.8 Å². The van der Waals surface area contributed by atoms with Crippen LogP contribution in [0.3, 0.4) is 0 Å². The number of benzene rings is 2. The van der Waals surface area contributed by atoms with E-state index in [2.05, 4.69) is 0 Å². The normalized spacial score (nSPS) is 15.7. The zero-order chi connectivity index (χ0) is 23.0. The predicted molar refractivity (Wildman–Crippen MR) is 116 cm³/mol. The molecule has 1 aliphatic rings. The van der Waals surface area contributed by atoms with E-state index in [1.54, 1.807) is 12.1 Å². The summed E-state index contributed by atoms with van der Waals surface area (Å²) in [5.74, 6) is -0.369. The third kappa shape index (κ3) is 5.17. The van der Waals surface area contributed by atoms with Gasteiger partial charge < -0.3 is 9.47 Å². The zero-order valence-electron chi connectivity index (χ0n) is 17.7. The van der Waals surface area contributed by atoms with E-state index in [0.717, 1.165) is 0 Å². The lowest BCUT2D eigenvalue weighted by Gasteiger charge is -2.34. The number of hydrogen-bond acceptors (Lipinski definition) is 7. The smallest absolute Gasteiger partial charge is 0.265 e. The summed E-state index contributed by atoms with van der Waals surface area (Å²) in [5, 5.41) is 9.10. The number of carbonyl (C=O) groups excluding carboxylic acids is 2. The number of ketones is 1. The third-order valence-corrected chi connectivity index (χ3v) is 8.14. The van der Waals surface area contributed by atoms with E-state index >= 15 is 0 Å². The minimum absolute atomic E-state index is 0.0243. The number of nitrogens with one attached hydrogen (secondary N) is 1. The van der Waals surface area contributed by atoms with Crippen LogP contribution in [0.15, 0.2) is 59.5 Å². The maximum Gasteiger partial charge on any atom is 0.265 e. The molecule has 9 heteroatoms. The Hall–Kier alpha value is -2.75. The Labute approximate surface area is 187 Å². The Balaban J connectivity index is 1.55. The minimum Gasteiger partial charge on any atom is -0.494 e. The van der Waals surface area contributed by atoms with Gasteiger partial charge >= 0.3 is 0 Å². The van der Waals surface area contributed by atoms with E-state index < -0.39 is 20.5 Å². The van der Waals surface area contributed by atoms with Crippen molar-refractivity contribution in [3.05, 3.63) is 60.2 Å². The molecular weight excluding hydrogens is 434 g/mol. The van der Waals surface area contributed by atoms with Gasteiger partial charge in [-0.05, 0) is 49.9 Å². The Morgan fingerprint density at radius 1 is 1.00 bits per heavy atom. The molecule has 2 aromatic carbocycles. The molecule has 1 fully saturated rings. The van der Waals surface area contributed by atoms with Crippen LogP contribution in [0.2, 0.25) is 0 Å². The molecule has 1 saturated heterocycles. The molecule has 32 heavy (non-hydrogen) atoms. The van der Waals surface area contributed by atoms with E-state index in [1.165, 1.54) is 29.7 Å².